The van der Waals surface area contributed by atoms with Crippen LogP contribution in [0.5, 0.6) is 0 Å². The van der Waals surface area contributed by atoms with Crippen LogP contribution in [0.3, 0.4) is 0 Å². The third kappa shape index (κ3) is 1.64. The summed E-state index contributed by atoms with van der Waals surface area (Å²) < 4.78 is 4.98. The van der Waals surface area contributed by atoms with Gasteiger partial charge in [-0.15, -0.1) is 0 Å². The fourth-order valence-electron chi connectivity index (χ4n) is 2.48. The van der Waals surface area contributed by atoms with Crippen molar-refractivity contribution in [3.05, 3.63) is 28.4 Å². The molecule has 1 saturated carbocycles. The highest BCUT2D eigenvalue weighted by Crippen LogP contribution is 2.31. The van der Waals surface area contributed by atoms with Crippen LogP contribution in [0, 0.1) is 0 Å². The number of aromatic amines is 1. The molecular weight excluding hydrogens is 204 g/mol. The minimum atomic E-state index is -0.428. The molecule has 0 saturated heterocycles. The number of nitrogens with zero attached hydrogens (tertiary/aromatic N) is 1. The Bertz CT molecular complexity index is 549. The maximum Gasteiger partial charge on any atom is 0.418 e. The lowest BCUT2D eigenvalue weighted by atomic mass is 9.87. The van der Waals surface area contributed by atoms with Crippen LogP contribution in [0.2, 0.25) is 0 Å². The summed E-state index contributed by atoms with van der Waals surface area (Å²) in [4.78, 5) is 18.0. The molecule has 1 aliphatic carbocycles. The van der Waals surface area contributed by atoms with Gasteiger partial charge in [0.15, 0.2) is 0 Å². The smallest absolute Gasteiger partial charge is 0.389 e. The summed E-state index contributed by atoms with van der Waals surface area (Å²) in [6, 6.07) is 3.89. The molecule has 0 amide bonds. The van der Waals surface area contributed by atoms with E-state index >= 15 is 0 Å². The van der Waals surface area contributed by atoms with Gasteiger partial charge in [0.05, 0.1) is 0 Å². The fraction of sp³-hybridized carbons (Fsp3) is 0.500. The number of hydrogen-bond donors (Lipinski definition) is 1. The van der Waals surface area contributed by atoms with Gasteiger partial charge in [-0.25, -0.2) is 9.78 Å². The van der Waals surface area contributed by atoms with Crippen molar-refractivity contribution >= 4 is 11.2 Å². The van der Waals surface area contributed by atoms with Crippen LogP contribution in [0.1, 0.15) is 43.7 Å². The Balaban J connectivity index is 2.00. The number of H-pyrrole nitrogens is 1. The van der Waals surface area contributed by atoms with Crippen LogP contribution in [-0.2, 0) is 0 Å². The molecule has 2 aromatic heterocycles. The van der Waals surface area contributed by atoms with Crippen LogP contribution in [0.4, 0.5) is 0 Å². The highest BCUT2D eigenvalue weighted by atomic mass is 16.4. The lowest BCUT2D eigenvalue weighted by Crippen LogP contribution is -2.06. The first-order chi connectivity index (χ1) is 7.83. The second-order valence-corrected chi connectivity index (χ2v) is 4.44. The zero-order valence-electron chi connectivity index (χ0n) is 9.03. The molecule has 0 unspecified atom stereocenters. The van der Waals surface area contributed by atoms with Crippen molar-refractivity contribution in [1.29, 1.82) is 0 Å². The first-order valence-electron chi connectivity index (χ1n) is 5.83. The van der Waals surface area contributed by atoms with Gasteiger partial charge in [-0.3, -0.25) is 4.98 Å². The van der Waals surface area contributed by atoms with Crippen LogP contribution >= 0.6 is 0 Å². The SMILES string of the molecule is O=c1[nH]c2ccc(C3CCCCC3)nc2o1. The fourth-order valence-corrected chi connectivity index (χ4v) is 2.48. The molecular formula is C12H14N2O2. The predicted molar refractivity (Wildman–Crippen MR) is 60.5 cm³/mol. The topological polar surface area (TPSA) is 58.9 Å². The van der Waals surface area contributed by atoms with Crippen molar-refractivity contribution in [3.8, 4) is 0 Å². The average molecular weight is 218 g/mol. The number of aromatic nitrogens is 2. The van der Waals surface area contributed by atoms with Crippen molar-refractivity contribution in [1.82, 2.24) is 9.97 Å². The molecule has 84 valence electrons. The van der Waals surface area contributed by atoms with E-state index in [1.165, 1.54) is 32.1 Å². The number of fused-ring (bicyclic) bond motifs is 1. The Labute approximate surface area is 92.7 Å². The molecule has 2 heterocycles. The third-order valence-corrected chi connectivity index (χ3v) is 3.33. The zero-order valence-corrected chi connectivity index (χ0v) is 9.03. The monoisotopic (exact) mass is 218 g/mol. The van der Waals surface area contributed by atoms with E-state index in [0.29, 0.717) is 17.1 Å². The number of rotatable bonds is 1. The molecule has 2 aromatic rings. The lowest BCUT2D eigenvalue weighted by Gasteiger charge is -2.20. The number of pyridine rings is 1. The molecule has 16 heavy (non-hydrogen) atoms. The first-order valence-corrected chi connectivity index (χ1v) is 5.83. The molecule has 4 heteroatoms. The Morgan fingerprint density at radius 2 is 2.06 bits per heavy atom. The Morgan fingerprint density at radius 1 is 1.25 bits per heavy atom. The second-order valence-electron chi connectivity index (χ2n) is 4.44. The third-order valence-electron chi connectivity index (χ3n) is 3.33. The summed E-state index contributed by atoms with van der Waals surface area (Å²) in [6.07, 6.45) is 6.29. The normalized spacial score (nSPS) is 18.0. The summed E-state index contributed by atoms with van der Waals surface area (Å²) >= 11 is 0. The van der Waals surface area contributed by atoms with Gasteiger partial charge < -0.3 is 4.42 Å². The molecule has 0 aromatic carbocycles. The van der Waals surface area contributed by atoms with E-state index in [-0.39, 0.29) is 0 Å². The van der Waals surface area contributed by atoms with Gasteiger partial charge in [0.1, 0.15) is 5.52 Å². The van der Waals surface area contributed by atoms with Gasteiger partial charge in [0.2, 0.25) is 5.71 Å². The lowest BCUT2D eigenvalue weighted by molar-refractivity contribution is 0.435. The molecule has 1 aliphatic rings. The standard InChI is InChI=1S/C12H14N2O2/c15-12-14-10-7-6-9(13-11(10)16-12)8-4-2-1-3-5-8/h6-8H,1-5H2,(H,14,15). The summed E-state index contributed by atoms with van der Waals surface area (Å²) in [5.41, 5.74) is 2.19. The van der Waals surface area contributed by atoms with Crippen LogP contribution in [-0.4, -0.2) is 9.97 Å². The molecule has 3 rings (SSSR count). The van der Waals surface area contributed by atoms with E-state index < -0.39 is 5.76 Å². The van der Waals surface area contributed by atoms with Crippen LogP contribution in [0.25, 0.3) is 11.2 Å². The van der Waals surface area contributed by atoms with E-state index in [1.807, 2.05) is 12.1 Å². The number of nitrogens with one attached hydrogen (secondary N) is 1. The van der Waals surface area contributed by atoms with Gasteiger partial charge in [0.25, 0.3) is 0 Å². The van der Waals surface area contributed by atoms with Crippen molar-refractivity contribution in [3.63, 3.8) is 0 Å². The van der Waals surface area contributed by atoms with Gasteiger partial charge in [-0.05, 0) is 25.0 Å². The first kappa shape index (κ1) is 9.63. The van der Waals surface area contributed by atoms with Crippen molar-refractivity contribution < 1.29 is 4.42 Å². The summed E-state index contributed by atoms with van der Waals surface area (Å²) in [6.45, 7) is 0. The second kappa shape index (κ2) is 3.77. The van der Waals surface area contributed by atoms with E-state index in [1.54, 1.807) is 0 Å². The molecule has 0 aliphatic heterocycles. The quantitative estimate of drug-likeness (QED) is 0.800. The average Bonchev–Trinajstić information content (AvgIpc) is 2.69. The van der Waals surface area contributed by atoms with Crippen LogP contribution < -0.4 is 5.76 Å². The Morgan fingerprint density at radius 3 is 2.88 bits per heavy atom. The highest BCUT2D eigenvalue weighted by molar-refractivity contribution is 5.67. The molecule has 0 spiro atoms. The molecule has 1 N–H and O–H groups in total. The molecule has 0 radical (unpaired) electrons. The Hall–Kier alpha value is -1.58. The molecule has 4 nitrogen and oxygen atoms in total. The predicted octanol–water partition coefficient (Wildman–Crippen LogP) is 2.56. The van der Waals surface area contributed by atoms with E-state index in [0.717, 1.165) is 5.69 Å². The largest absolute Gasteiger partial charge is 0.418 e. The van der Waals surface area contributed by atoms with E-state index in [4.69, 9.17) is 4.42 Å². The maximum absolute atomic E-state index is 11.0. The highest BCUT2D eigenvalue weighted by Gasteiger charge is 2.17. The van der Waals surface area contributed by atoms with Crippen molar-refractivity contribution in [2.45, 2.75) is 38.0 Å². The molecule has 0 atom stereocenters. The van der Waals surface area contributed by atoms with E-state index in [9.17, 15) is 4.79 Å². The minimum absolute atomic E-state index is 0.428. The van der Waals surface area contributed by atoms with Crippen molar-refractivity contribution in [2.75, 3.05) is 0 Å². The van der Waals surface area contributed by atoms with Crippen LogP contribution in [0.15, 0.2) is 21.3 Å². The van der Waals surface area contributed by atoms with E-state index in [2.05, 4.69) is 9.97 Å². The summed E-state index contributed by atoms with van der Waals surface area (Å²) in [5.74, 6) is 0.113. The van der Waals surface area contributed by atoms with Gasteiger partial charge in [-0.1, -0.05) is 19.3 Å². The number of oxazole rings is 1. The number of hydrogen-bond acceptors (Lipinski definition) is 3. The summed E-state index contributed by atoms with van der Waals surface area (Å²) in [5, 5.41) is 0. The molecule has 0 bridgehead atoms. The zero-order chi connectivity index (χ0) is 11.0. The summed E-state index contributed by atoms with van der Waals surface area (Å²) in [7, 11) is 0. The van der Waals surface area contributed by atoms with Gasteiger partial charge in [0, 0.05) is 11.6 Å². The maximum atomic E-state index is 11.0. The minimum Gasteiger partial charge on any atom is -0.389 e. The van der Waals surface area contributed by atoms with Gasteiger partial charge >= 0.3 is 5.76 Å². The van der Waals surface area contributed by atoms with Crippen molar-refractivity contribution in [2.24, 2.45) is 0 Å². The van der Waals surface area contributed by atoms with Gasteiger partial charge in [-0.2, -0.15) is 0 Å². The Kier molecular flexibility index (Phi) is 2.27. The molecule has 1 fully saturated rings.